The fraction of sp³-hybridized carbons (Fsp3) is 0.429. The van der Waals surface area contributed by atoms with Crippen LogP contribution in [-0.4, -0.2) is 28.4 Å². The van der Waals surface area contributed by atoms with E-state index in [0.29, 0.717) is 24.4 Å². The predicted molar refractivity (Wildman–Crippen MR) is 85.8 cm³/mol. The molecule has 0 saturated carbocycles. The van der Waals surface area contributed by atoms with E-state index in [0.717, 1.165) is 5.56 Å². The highest BCUT2D eigenvalue weighted by Gasteiger charge is 2.23. The number of carbonyl (C=O) groups excluding carboxylic acids is 2. The van der Waals surface area contributed by atoms with Gasteiger partial charge in [-0.25, -0.2) is 0 Å². The van der Waals surface area contributed by atoms with Crippen LogP contribution >= 0.6 is 27.7 Å². The molecule has 0 saturated heterocycles. The maximum atomic E-state index is 11.8. The molecule has 0 aliphatic rings. The van der Waals surface area contributed by atoms with Gasteiger partial charge in [-0.15, -0.1) is 0 Å². The molecule has 0 spiro atoms. The molecular formula is C14H20BrN2O2S+. The minimum absolute atomic E-state index is 0.0921. The van der Waals surface area contributed by atoms with E-state index >= 15 is 0 Å². The topological polar surface area (TPSA) is 73.8 Å². The number of hydrogen-bond donors (Lipinski definition) is 2. The molecule has 0 heterocycles. The number of alkyl halides is 1. The summed E-state index contributed by atoms with van der Waals surface area (Å²) < 4.78 is -0.508. The van der Waals surface area contributed by atoms with Crippen LogP contribution < -0.4 is 11.1 Å². The summed E-state index contributed by atoms with van der Waals surface area (Å²) in [6, 6.07) is 7.30. The molecule has 0 fully saturated rings. The summed E-state index contributed by atoms with van der Waals surface area (Å²) in [6.07, 6.45) is 0. The Balaban J connectivity index is 2.55. The van der Waals surface area contributed by atoms with E-state index in [9.17, 15) is 9.59 Å². The molecule has 0 aromatic heterocycles. The van der Waals surface area contributed by atoms with Crippen LogP contribution in [0.1, 0.15) is 29.8 Å². The molecule has 4 N–H and O–H groups in total. The Bertz CT molecular complexity index is 469. The zero-order valence-electron chi connectivity index (χ0n) is 11.7. The van der Waals surface area contributed by atoms with Crippen molar-refractivity contribution in [2.24, 2.45) is 0 Å². The van der Waals surface area contributed by atoms with E-state index in [1.54, 1.807) is 12.1 Å². The number of quaternary nitrogens is 1. The minimum Gasteiger partial charge on any atom is -0.356 e. The van der Waals surface area contributed by atoms with Crippen LogP contribution in [0.25, 0.3) is 0 Å². The first-order valence-corrected chi connectivity index (χ1v) is 8.15. The van der Waals surface area contributed by atoms with Crippen molar-refractivity contribution in [2.75, 3.05) is 13.1 Å². The van der Waals surface area contributed by atoms with E-state index < -0.39 is 4.32 Å². The number of carbonyl (C=O) groups is 2. The number of benzene rings is 1. The van der Waals surface area contributed by atoms with Crippen LogP contribution in [0.4, 0.5) is 0 Å². The van der Waals surface area contributed by atoms with Gasteiger partial charge < -0.3 is 11.1 Å². The quantitative estimate of drug-likeness (QED) is 0.757. The number of rotatable bonds is 6. The smallest absolute Gasteiger partial charge is 0.251 e. The summed E-state index contributed by atoms with van der Waals surface area (Å²) in [7, 11) is 0. The van der Waals surface area contributed by atoms with Gasteiger partial charge in [-0.05, 0) is 31.5 Å². The van der Waals surface area contributed by atoms with Crippen LogP contribution in [0.5, 0.6) is 0 Å². The Morgan fingerprint density at radius 1 is 1.30 bits per heavy atom. The van der Waals surface area contributed by atoms with Crippen molar-refractivity contribution in [1.29, 1.82) is 0 Å². The fourth-order valence-electron chi connectivity index (χ4n) is 1.38. The molecule has 0 unspecified atom stereocenters. The van der Waals surface area contributed by atoms with Crippen molar-refractivity contribution in [2.45, 2.75) is 23.9 Å². The van der Waals surface area contributed by atoms with Gasteiger partial charge in [0.15, 0.2) is 0 Å². The highest BCUT2D eigenvalue weighted by atomic mass is 79.9. The van der Waals surface area contributed by atoms with Gasteiger partial charge >= 0.3 is 0 Å². The normalized spacial score (nSPS) is 11.2. The van der Waals surface area contributed by atoms with E-state index in [2.05, 4.69) is 27.0 Å². The van der Waals surface area contributed by atoms with Crippen molar-refractivity contribution in [3.8, 4) is 0 Å². The Kier molecular flexibility index (Phi) is 6.71. The third-order valence-electron chi connectivity index (χ3n) is 2.53. The van der Waals surface area contributed by atoms with Crippen molar-refractivity contribution in [3.63, 3.8) is 0 Å². The molecule has 0 aliphatic carbocycles. The maximum absolute atomic E-state index is 11.8. The Morgan fingerprint density at radius 2 is 1.90 bits per heavy atom. The summed E-state index contributed by atoms with van der Waals surface area (Å²) in [4.78, 5) is 23.5. The monoisotopic (exact) mass is 359 g/mol. The molecule has 1 amide bonds. The first kappa shape index (κ1) is 17.2. The van der Waals surface area contributed by atoms with Gasteiger partial charge in [0.25, 0.3) is 5.91 Å². The molecule has 110 valence electrons. The summed E-state index contributed by atoms with van der Waals surface area (Å²) in [6.45, 7) is 4.91. The largest absolute Gasteiger partial charge is 0.356 e. The molecule has 0 aliphatic heterocycles. The SMILES string of the molecule is CC(C)(Br)C(=O)SCc1ccc(C(=O)NCC[NH3+])cc1. The second kappa shape index (κ2) is 7.81. The Morgan fingerprint density at radius 3 is 2.40 bits per heavy atom. The number of hydrogen-bond acceptors (Lipinski definition) is 3. The van der Waals surface area contributed by atoms with Gasteiger partial charge in [0, 0.05) is 11.3 Å². The van der Waals surface area contributed by atoms with Crippen LogP contribution in [0, 0.1) is 0 Å². The average Bonchev–Trinajstić information content (AvgIpc) is 2.41. The number of thioether (sulfide) groups is 1. The van der Waals surface area contributed by atoms with Gasteiger partial charge in [-0.1, -0.05) is 39.8 Å². The molecule has 0 atom stereocenters. The van der Waals surface area contributed by atoms with Crippen molar-refractivity contribution < 1.29 is 15.3 Å². The fourth-order valence-corrected chi connectivity index (χ4v) is 2.55. The lowest BCUT2D eigenvalue weighted by Crippen LogP contribution is -2.54. The first-order chi connectivity index (χ1) is 9.34. The van der Waals surface area contributed by atoms with E-state index in [1.165, 1.54) is 11.8 Å². The lowest BCUT2D eigenvalue weighted by molar-refractivity contribution is -0.364. The summed E-state index contributed by atoms with van der Waals surface area (Å²) in [5.74, 6) is 0.514. The van der Waals surface area contributed by atoms with E-state index in [1.807, 2.05) is 26.0 Å². The molecule has 6 heteroatoms. The predicted octanol–water partition coefficient (Wildman–Crippen LogP) is 1.59. The van der Waals surface area contributed by atoms with Crippen molar-refractivity contribution in [3.05, 3.63) is 35.4 Å². The molecule has 1 aromatic carbocycles. The average molecular weight is 360 g/mol. The molecule has 1 aromatic rings. The van der Waals surface area contributed by atoms with Crippen LogP contribution in [0.15, 0.2) is 24.3 Å². The van der Waals surface area contributed by atoms with Gasteiger partial charge in [-0.2, -0.15) is 0 Å². The zero-order valence-corrected chi connectivity index (χ0v) is 14.1. The number of halogens is 1. The van der Waals surface area contributed by atoms with E-state index in [4.69, 9.17) is 0 Å². The molecular weight excluding hydrogens is 340 g/mol. The van der Waals surface area contributed by atoms with Crippen molar-refractivity contribution >= 4 is 38.7 Å². The number of amides is 1. The summed E-state index contributed by atoms with van der Waals surface area (Å²) in [5.41, 5.74) is 5.32. The molecule has 20 heavy (non-hydrogen) atoms. The standard InChI is InChI=1S/C14H19BrN2O2S/c1-14(2,15)13(19)20-9-10-3-5-11(6-4-10)12(18)17-8-7-16/h3-6H,7-9,16H2,1-2H3,(H,17,18)/p+1. The lowest BCUT2D eigenvalue weighted by atomic mass is 10.1. The minimum atomic E-state index is -0.508. The third kappa shape index (κ3) is 5.64. The van der Waals surface area contributed by atoms with Crippen LogP contribution in [-0.2, 0) is 10.5 Å². The van der Waals surface area contributed by atoms with Crippen LogP contribution in [0.2, 0.25) is 0 Å². The van der Waals surface area contributed by atoms with Gasteiger partial charge in [0.2, 0.25) is 5.12 Å². The molecule has 1 rings (SSSR count). The van der Waals surface area contributed by atoms with Crippen LogP contribution in [0.3, 0.4) is 0 Å². The van der Waals surface area contributed by atoms with Gasteiger partial charge in [-0.3, -0.25) is 9.59 Å². The first-order valence-electron chi connectivity index (χ1n) is 6.37. The highest BCUT2D eigenvalue weighted by molar-refractivity contribution is 9.10. The molecule has 0 bridgehead atoms. The zero-order chi connectivity index (χ0) is 15.2. The molecule has 0 radical (unpaired) electrons. The highest BCUT2D eigenvalue weighted by Crippen LogP contribution is 2.26. The maximum Gasteiger partial charge on any atom is 0.251 e. The second-order valence-corrected chi connectivity index (χ2v) is 7.79. The van der Waals surface area contributed by atoms with E-state index in [-0.39, 0.29) is 11.0 Å². The Labute approximate surface area is 132 Å². The molecule has 4 nitrogen and oxygen atoms in total. The number of nitrogens with one attached hydrogen (secondary N) is 1. The lowest BCUT2D eigenvalue weighted by Gasteiger charge is -2.13. The second-order valence-electron chi connectivity index (χ2n) is 4.85. The van der Waals surface area contributed by atoms with Gasteiger partial charge in [0.1, 0.15) is 0 Å². The summed E-state index contributed by atoms with van der Waals surface area (Å²) in [5, 5.41) is 2.86. The van der Waals surface area contributed by atoms with Crippen molar-refractivity contribution in [1.82, 2.24) is 5.32 Å². The third-order valence-corrected chi connectivity index (χ3v) is 4.41. The Hall–Kier alpha value is -0.850. The summed E-state index contributed by atoms with van der Waals surface area (Å²) >= 11 is 4.61. The van der Waals surface area contributed by atoms with Gasteiger partial charge in [0.05, 0.1) is 17.4 Å².